The van der Waals surface area contributed by atoms with Gasteiger partial charge >= 0.3 is 0 Å². The molecule has 0 aliphatic carbocycles. The van der Waals surface area contributed by atoms with Gasteiger partial charge in [0.2, 0.25) is 0 Å². The average Bonchev–Trinajstić information content (AvgIpc) is 2.42. The molecular formula is C17H21N. The number of anilines is 1. The van der Waals surface area contributed by atoms with Gasteiger partial charge in [0.05, 0.1) is 0 Å². The summed E-state index contributed by atoms with van der Waals surface area (Å²) in [7, 11) is 1.95. The molecule has 0 aliphatic heterocycles. The van der Waals surface area contributed by atoms with E-state index in [1.807, 2.05) is 7.05 Å². The predicted octanol–water partition coefficient (Wildman–Crippen LogP) is 4.27. The molecule has 0 unspecified atom stereocenters. The molecule has 0 atom stereocenters. The van der Waals surface area contributed by atoms with Gasteiger partial charge in [0.15, 0.2) is 0 Å². The summed E-state index contributed by atoms with van der Waals surface area (Å²) in [5.74, 6) is 0. The van der Waals surface area contributed by atoms with Crippen molar-refractivity contribution in [1.29, 1.82) is 0 Å². The zero-order valence-electron chi connectivity index (χ0n) is 11.2. The van der Waals surface area contributed by atoms with Crippen LogP contribution in [0.15, 0.2) is 48.5 Å². The fourth-order valence-electron chi connectivity index (χ4n) is 2.14. The largest absolute Gasteiger partial charge is 0.388 e. The highest BCUT2D eigenvalue weighted by Crippen LogP contribution is 2.14. The van der Waals surface area contributed by atoms with Crippen molar-refractivity contribution in [2.75, 3.05) is 12.4 Å². The lowest BCUT2D eigenvalue weighted by molar-refractivity contribution is 0.920. The summed E-state index contributed by atoms with van der Waals surface area (Å²) in [4.78, 5) is 0. The van der Waals surface area contributed by atoms with Crippen molar-refractivity contribution in [3.8, 4) is 0 Å². The Kier molecular flexibility index (Phi) is 4.40. The zero-order chi connectivity index (χ0) is 12.8. The molecule has 1 heteroatoms. The van der Waals surface area contributed by atoms with Crippen LogP contribution in [0.25, 0.3) is 0 Å². The van der Waals surface area contributed by atoms with E-state index in [2.05, 4.69) is 60.8 Å². The molecule has 0 saturated carbocycles. The Bertz CT molecular complexity index is 468. The SMILES string of the molecule is CCCc1ccc(Cc2ccc(NC)cc2)cc1. The van der Waals surface area contributed by atoms with Gasteiger partial charge in [0, 0.05) is 12.7 Å². The highest BCUT2D eigenvalue weighted by atomic mass is 14.8. The van der Waals surface area contributed by atoms with Crippen molar-refractivity contribution in [3.63, 3.8) is 0 Å². The summed E-state index contributed by atoms with van der Waals surface area (Å²) in [5, 5.41) is 3.14. The van der Waals surface area contributed by atoms with Gasteiger partial charge < -0.3 is 5.32 Å². The normalized spacial score (nSPS) is 10.3. The predicted molar refractivity (Wildman–Crippen MR) is 79.2 cm³/mol. The van der Waals surface area contributed by atoms with E-state index < -0.39 is 0 Å². The number of benzene rings is 2. The summed E-state index contributed by atoms with van der Waals surface area (Å²) >= 11 is 0. The fraction of sp³-hybridized carbons (Fsp3) is 0.294. The van der Waals surface area contributed by atoms with Gasteiger partial charge in [-0.15, -0.1) is 0 Å². The number of aryl methyl sites for hydroxylation is 1. The summed E-state index contributed by atoms with van der Waals surface area (Å²) in [6.45, 7) is 2.22. The first kappa shape index (κ1) is 12.7. The second-order valence-corrected chi connectivity index (χ2v) is 4.69. The Labute approximate surface area is 110 Å². The van der Waals surface area contributed by atoms with Gasteiger partial charge in [-0.1, -0.05) is 49.7 Å². The van der Waals surface area contributed by atoms with Crippen LogP contribution in [-0.2, 0) is 12.8 Å². The second-order valence-electron chi connectivity index (χ2n) is 4.69. The molecule has 0 radical (unpaired) electrons. The smallest absolute Gasteiger partial charge is 0.0337 e. The zero-order valence-corrected chi connectivity index (χ0v) is 11.2. The van der Waals surface area contributed by atoms with Crippen LogP contribution in [0.3, 0.4) is 0 Å². The molecule has 0 aliphatic rings. The Morgan fingerprint density at radius 2 is 1.28 bits per heavy atom. The van der Waals surface area contributed by atoms with Gasteiger partial charge in [-0.3, -0.25) is 0 Å². The molecule has 94 valence electrons. The lowest BCUT2D eigenvalue weighted by Gasteiger charge is -2.05. The Morgan fingerprint density at radius 3 is 1.78 bits per heavy atom. The average molecular weight is 239 g/mol. The third-order valence-electron chi connectivity index (χ3n) is 3.21. The number of nitrogens with one attached hydrogen (secondary N) is 1. The highest BCUT2D eigenvalue weighted by molar-refractivity contribution is 5.44. The van der Waals surface area contributed by atoms with Crippen molar-refractivity contribution in [3.05, 3.63) is 65.2 Å². The minimum Gasteiger partial charge on any atom is -0.388 e. The van der Waals surface area contributed by atoms with E-state index in [0.717, 1.165) is 12.1 Å². The molecule has 2 rings (SSSR count). The third-order valence-corrected chi connectivity index (χ3v) is 3.21. The Hall–Kier alpha value is -1.76. The van der Waals surface area contributed by atoms with Crippen LogP contribution in [0.2, 0.25) is 0 Å². The van der Waals surface area contributed by atoms with Crippen LogP contribution in [0, 0.1) is 0 Å². The topological polar surface area (TPSA) is 12.0 Å². The Morgan fingerprint density at radius 1 is 0.778 bits per heavy atom. The molecule has 1 N–H and O–H groups in total. The summed E-state index contributed by atoms with van der Waals surface area (Å²) in [5.41, 5.74) is 5.34. The van der Waals surface area contributed by atoms with Gasteiger partial charge in [0.1, 0.15) is 0 Å². The van der Waals surface area contributed by atoms with E-state index >= 15 is 0 Å². The van der Waals surface area contributed by atoms with Crippen molar-refractivity contribution >= 4 is 5.69 Å². The first-order valence-corrected chi connectivity index (χ1v) is 6.66. The molecular weight excluding hydrogens is 218 g/mol. The molecule has 18 heavy (non-hydrogen) atoms. The van der Waals surface area contributed by atoms with Crippen molar-refractivity contribution in [1.82, 2.24) is 0 Å². The van der Waals surface area contributed by atoms with E-state index in [9.17, 15) is 0 Å². The van der Waals surface area contributed by atoms with Crippen LogP contribution >= 0.6 is 0 Å². The Balaban J connectivity index is 2.03. The lowest BCUT2D eigenvalue weighted by Crippen LogP contribution is -1.91. The van der Waals surface area contributed by atoms with E-state index in [1.54, 1.807) is 0 Å². The lowest BCUT2D eigenvalue weighted by atomic mass is 10.0. The molecule has 0 saturated heterocycles. The maximum Gasteiger partial charge on any atom is 0.0337 e. The van der Waals surface area contributed by atoms with Crippen LogP contribution in [0.5, 0.6) is 0 Å². The first-order chi connectivity index (χ1) is 8.81. The van der Waals surface area contributed by atoms with Crippen molar-refractivity contribution < 1.29 is 0 Å². The molecule has 0 heterocycles. The van der Waals surface area contributed by atoms with Gasteiger partial charge in [-0.25, -0.2) is 0 Å². The minimum absolute atomic E-state index is 1.01. The van der Waals surface area contributed by atoms with Crippen LogP contribution in [0.4, 0.5) is 5.69 Å². The summed E-state index contributed by atoms with van der Waals surface area (Å²) < 4.78 is 0. The van der Waals surface area contributed by atoms with Gasteiger partial charge in [0.25, 0.3) is 0 Å². The standard InChI is InChI=1S/C17H21N/c1-3-4-14-5-7-15(8-6-14)13-16-9-11-17(18-2)12-10-16/h5-12,18H,3-4,13H2,1-2H3. The number of hydrogen-bond acceptors (Lipinski definition) is 1. The van der Waals surface area contributed by atoms with Gasteiger partial charge in [-0.05, 0) is 41.7 Å². The molecule has 2 aromatic carbocycles. The van der Waals surface area contributed by atoms with Crippen LogP contribution < -0.4 is 5.32 Å². The molecule has 0 aromatic heterocycles. The minimum atomic E-state index is 1.01. The van der Waals surface area contributed by atoms with E-state index in [4.69, 9.17) is 0 Å². The molecule has 0 fully saturated rings. The summed E-state index contributed by atoms with van der Waals surface area (Å²) in [6, 6.07) is 17.6. The maximum absolute atomic E-state index is 3.14. The number of hydrogen-bond donors (Lipinski definition) is 1. The molecule has 0 spiro atoms. The highest BCUT2D eigenvalue weighted by Gasteiger charge is 1.97. The molecule has 2 aromatic rings. The second kappa shape index (κ2) is 6.25. The van der Waals surface area contributed by atoms with Crippen LogP contribution in [-0.4, -0.2) is 7.05 Å². The first-order valence-electron chi connectivity index (χ1n) is 6.66. The van der Waals surface area contributed by atoms with Crippen LogP contribution in [0.1, 0.15) is 30.0 Å². The fourth-order valence-corrected chi connectivity index (χ4v) is 2.14. The van der Waals surface area contributed by atoms with E-state index in [0.29, 0.717) is 0 Å². The number of rotatable bonds is 5. The monoisotopic (exact) mass is 239 g/mol. The van der Waals surface area contributed by atoms with Crippen molar-refractivity contribution in [2.24, 2.45) is 0 Å². The maximum atomic E-state index is 3.14. The molecule has 0 amide bonds. The molecule has 0 bridgehead atoms. The molecule has 1 nitrogen and oxygen atoms in total. The van der Waals surface area contributed by atoms with E-state index in [-0.39, 0.29) is 0 Å². The third kappa shape index (κ3) is 3.36. The quantitative estimate of drug-likeness (QED) is 0.821. The van der Waals surface area contributed by atoms with Gasteiger partial charge in [-0.2, -0.15) is 0 Å². The van der Waals surface area contributed by atoms with Crippen molar-refractivity contribution in [2.45, 2.75) is 26.2 Å². The van der Waals surface area contributed by atoms with E-state index in [1.165, 1.54) is 29.5 Å². The summed E-state index contributed by atoms with van der Waals surface area (Å²) in [6.07, 6.45) is 3.40.